The van der Waals surface area contributed by atoms with Gasteiger partial charge in [-0.15, -0.1) is 0 Å². The summed E-state index contributed by atoms with van der Waals surface area (Å²) in [6, 6.07) is 5.28. The van der Waals surface area contributed by atoms with Gasteiger partial charge in [-0.1, -0.05) is 42.5 Å². The van der Waals surface area contributed by atoms with Crippen LogP contribution in [0.3, 0.4) is 0 Å². The van der Waals surface area contributed by atoms with E-state index in [1.165, 1.54) is 38.5 Å². The summed E-state index contributed by atoms with van der Waals surface area (Å²) < 4.78 is 12.1. The summed E-state index contributed by atoms with van der Waals surface area (Å²) in [6.07, 6.45) is 8.81. The average Bonchev–Trinajstić information content (AvgIpc) is 2.84. The molecule has 20 heavy (non-hydrogen) atoms. The van der Waals surface area contributed by atoms with E-state index in [9.17, 15) is 0 Å². The minimum atomic E-state index is 0.143. The normalized spacial score (nSPS) is 25.0. The molecule has 110 valence electrons. The predicted octanol–water partition coefficient (Wildman–Crippen LogP) is 5.25. The SMILES string of the molecule is Clc1ccc(Cl)c(OCC2CCC3(CCCCC3)O2)c1. The van der Waals surface area contributed by atoms with Crippen LogP contribution >= 0.6 is 23.2 Å². The molecule has 1 unspecified atom stereocenters. The molecule has 1 aromatic carbocycles. The molecule has 0 N–H and O–H groups in total. The zero-order valence-corrected chi connectivity index (χ0v) is 13.1. The highest BCUT2D eigenvalue weighted by atomic mass is 35.5. The van der Waals surface area contributed by atoms with Crippen LogP contribution in [0.4, 0.5) is 0 Å². The third-order valence-electron chi connectivity index (χ3n) is 4.42. The molecule has 0 amide bonds. The average molecular weight is 315 g/mol. The van der Waals surface area contributed by atoms with Gasteiger partial charge in [0, 0.05) is 11.1 Å². The maximum absolute atomic E-state index is 6.28. The van der Waals surface area contributed by atoms with Crippen LogP contribution in [0.2, 0.25) is 10.0 Å². The third-order valence-corrected chi connectivity index (χ3v) is 4.97. The lowest BCUT2D eigenvalue weighted by Gasteiger charge is -2.33. The maximum atomic E-state index is 6.28. The first-order valence-electron chi connectivity index (χ1n) is 7.43. The van der Waals surface area contributed by atoms with Crippen molar-refractivity contribution in [2.75, 3.05) is 6.61 Å². The van der Waals surface area contributed by atoms with E-state index in [1.54, 1.807) is 18.2 Å². The largest absolute Gasteiger partial charge is 0.489 e. The lowest BCUT2D eigenvalue weighted by atomic mass is 9.83. The first-order chi connectivity index (χ1) is 9.67. The van der Waals surface area contributed by atoms with Gasteiger partial charge in [-0.2, -0.15) is 0 Å². The topological polar surface area (TPSA) is 18.5 Å². The monoisotopic (exact) mass is 314 g/mol. The van der Waals surface area contributed by atoms with E-state index in [0.29, 0.717) is 22.4 Å². The Bertz CT molecular complexity index is 470. The second-order valence-electron chi connectivity index (χ2n) is 5.91. The molecule has 1 aliphatic carbocycles. The van der Waals surface area contributed by atoms with Gasteiger partial charge in [0.05, 0.1) is 16.7 Å². The minimum absolute atomic E-state index is 0.143. The van der Waals surface area contributed by atoms with Crippen molar-refractivity contribution in [1.82, 2.24) is 0 Å². The zero-order chi connectivity index (χ0) is 14.0. The predicted molar refractivity (Wildman–Crippen MR) is 81.9 cm³/mol. The summed E-state index contributed by atoms with van der Waals surface area (Å²) in [7, 11) is 0. The van der Waals surface area contributed by atoms with Crippen molar-refractivity contribution in [2.45, 2.75) is 56.7 Å². The molecule has 1 saturated carbocycles. The Morgan fingerprint density at radius 1 is 1.15 bits per heavy atom. The molecule has 3 rings (SSSR count). The molecule has 1 spiro atoms. The molecule has 2 nitrogen and oxygen atoms in total. The molecular weight excluding hydrogens is 295 g/mol. The van der Waals surface area contributed by atoms with Crippen LogP contribution in [0.15, 0.2) is 18.2 Å². The Labute approximate surface area is 130 Å². The molecule has 2 fully saturated rings. The van der Waals surface area contributed by atoms with E-state index in [1.807, 2.05) is 0 Å². The third kappa shape index (κ3) is 3.24. The van der Waals surface area contributed by atoms with Crippen LogP contribution in [-0.4, -0.2) is 18.3 Å². The zero-order valence-electron chi connectivity index (χ0n) is 11.5. The van der Waals surface area contributed by atoms with Crippen molar-refractivity contribution < 1.29 is 9.47 Å². The van der Waals surface area contributed by atoms with E-state index in [0.717, 1.165) is 6.42 Å². The number of hydrogen-bond donors (Lipinski definition) is 0. The van der Waals surface area contributed by atoms with Gasteiger partial charge in [0.15, 0.2) is 0 Å². The van der Waals surface area contributed by atoms with Crippen molar-refractivity contribution in [3.05, 3.63) is 28.2 Å². The Morgan fingerprint density at radius 3 is 2.75 bits per heavy atom. The van der Waals surface area contributed by atoms with Crippen molar-refractivity contribution in [3.63, 3.8) is 0 Å². The van der Waals surface area contributed by atoms with Crippen LogP contribution < -0.4 is 4.74 Å². The van der Waals surface area contributed by atoms with Gasteiger partial charge >= 0.3 is 0 Å². The molecule has 0 bridgehead atoms. The fourth-order valence-electron chi connectivity index (χ4n) is 3.35. The summed E-state index contributed by atoms with van der Waals surface area (Å²) >= 11 is 12.1. The first kappa shape index (κ1) is 14.5. The van der Waals surface area contributed by atoms with E-state index in [4.69, 9.17) is 32.7 Å². The molecule has 2 aliphatic rings. The molecule has 1 aromatic rings. The number of benzene rings is 1. The Kier molecular flexibility index (Phi) is 4.44. The van der Waals surface area contributed by atoms with Gasteiger partial charge in [0.2, 0.25) is 0 Å². The van der Waals surface area contributed by atoms with Gasteiger partial charge in [0.25, 0.3) is 0 Å². The highest BCUT2D eigenvalue weighted by Crippen LogP contribution is 2.42. The van der Waals surface area contributed by atoms with Crippen molar-refractivity contribution in [2.24, 2.45) is 0 Å². The van der Waals surface area contributed by atoms with Crippen LogP contribution in [0.1, 0.15) is 44.9 Å². The van der Waals surface area contributed by atoms with E-state index < -0.39 is 0 Å². The van der Waals surface area contributed by atoms with Gasteiger partial charge < -0.3 is 9.47 Å². The lowest BCUT2D eigenvalue weighted by Crippen LogP contribution is -2.32. The summed E-state index contributed by atoms with van der Waals surface area (Å²) in [5.41, 5.74) is 0.143. The highest BCUT2D eigenvalue weighted by Gasteiger charge is 2.40. The first-order valence-corrected chi connectivity index (χ1v) is 8.18. The molecule has 0 radical (unpaired) electrons. The second-order valence-corrected chi connectivity index (χ2v) is 6.75. The fourth-order valence-corrected chi connectivity index (χ4v) is 3.68. The molecule has 1 atom stereocenters. The number of ether oxygens (including phenoxy) is 2. The maximum Gasteiger partial charge on any atom is 0.139 e. The fraction of sp³-hybridized carbons (Fsp3) is 0.625. The van der Waals surface area contributed by atoms with Crippen LogP contribution in [0, 0.1) is 0 Å². The second kappa shape index (κ2) is 6.13. The van der Waals surface area contributed by atoms with Crippen molar-refractivity contribution in [1.29, 1.82) is 0 Å². The van der Waals surface area contributed by atoms with Crippen molar-refractivity contribution in [3.8, 4) is 5.75 Å². The van der Waals surface area contributed by atoms with Gasteiger partial charge in [0.1, 0.15) is 12.4 Å². The highest BCUT2D eigenvalue weighted by molar-refractivity contribution is 6.34. The smallest absolute Gasteiger partial charge is 0.139 e. The standard InChI is InChI=1S/C16H20Cl2O2/c17-12-4-5-14(18)15(10-12)19-11-13-6-9-16(20-13)7-2-1-3-8-16/h4-5,10,13H,1-3,6-9,11H2. The summed E-state index contributed by atoms with van der Waals surface area (Å²) in [5, 5.41) is 1.24. The lowest BCUT2D eigenvalue weighted by molar-refractivity contribution is -0.0748. The Morgan fingerprint density at radius 2 is 1.95 bits per heavy atom. The van der Waals surface area contributed by atoms with Crippen LogP contribution in [-0.2, 0) is 4.74 Å². The van der Waals surface area contributed by atoms with E-state index in [2.05, 4.69) is 0 Å². The summed E-state index contributed by atoms with van der Waals surface area (Å²) in [4.78, 5) is 0. The quantitative estimate of drug-likeness (QED) is 0.758. The Balaban J connectivity index is 1.56. The van der Waals surface area contributed by atoms with Gasteiger partial charge in [-0.3, -0.25) is 0 Å². The molecule has 1 aliphatic heterocycles. The van der Waals surface area contributed by atoms with Crippen LogP contribution in [0.5, 0.6) is 5.75 Å². The van der Waals surface area contributed by atoms with Crippen molar-refractivity contribution >= 4 is 23.2 Å². The van der Waals surface area contributed by atoms with E-state index >= 15 is 0 Å². The number of halogens is 2. The molecule has 4 heteroatoms. The molecule has 1 heterocycles. The van der Waals surface area contributed by atoms with Crippen LogP contribution in [0.25, 0.3) is 0 Å². The Hall–Kier alpha value is -0.440. The summed E-state index contributed by atoms with van der Waals surface area (Å²) in [5.74, 6) is 0.646. The molecule has 1 saturated heterocycles. The van der Waals surface area contributed by atoms with E-state index in [-0.39, 0.29) is 11.7 Å². The molecule has 0 aromatic heterocycles. The molecular formula is C16H20Cl2O2. The van der Waals surface area contributed by atoms with Gasteiger partial charge in [-0.25, -0.2) is 0 Å². The number of rotatable bonds is 3. The number of hydrogen-bond acceptors (Lipinski definition) is 2. The summed E-state index contributed by atoms with van der Waals surface area (Å²) in [6.45, 7) is 0.557. The minimum Gasteiger partial charge on any atom is -0.489 e. The van der Waals surface area contributed by atoms with Gasteiger partial charge in [-0.05, 0) is 37.8 Å².